The summed E-state index contributed by atoms with van der Waals surface area (Å²) in [6.45, 7) is 2.35. The van der Waals surface area contributed by atoms with Gasteiger partial charge in [-0.25, -0.2) is 8.78 Å². The van der Waals surface area contributed by atoms with E-state index in [1.54, 1.807) is 6.07 Å². The zero-order chi connectivity index (χ0) is 17.1. The largest absolute Gasteiger partial charge is 0.368 e. The highest BCUT2D eigenvalue weighted by molar-refractivity contribution is 9.10. The minimum absolute atomic E-state index is 0.0758. The minimum atomic E-state index is -0.847. The fraction of sp³-hybridized carbons (Fsp3) is 0.278. The predicted octanol–water partition coefficient (Wildman–Crippen LogP) is 3.62. The first-order valence-corrected chi connectivity index (χ1v) is 8.55. The molecule has 0 atom stereocenters. The van der Waals surface area contributed by atoms with Gasteiger partial charge in [-0.1, -0.05) is 34.1 Å². The summed E-state index contributed by atoms with van der Waals surface area (Å²) in [6.07, 6.45) is 0.354. The second kappa shape index (κ2) is 7.30. The fourth-order valence-electron chi connectivity index (χ4n) is 2.81. The number of nitrogens with zero attached hydrogens (tertiary/aromatic N) is 2. The van der Waals surface area contributed by atoms with Gasteiger partial charge in [-0.2, -0.15) is 0 Å². The zero-order valence-electron chi connectivity index (χ0n) is 13.0. The van der Waals surface area contributed by atoms with Crippen LogP contribution in [0.1, 0.15) is 5.56 Å². The van der Waals surface area contributed by atoms with Gasteiger partial charge in [0.25, 0.3) is 0 Å². The Kier molecular flexibility index (Phi) is 5.14. The van der Waals surface area contributed by atoms with Crippen molar-refractivity contribution >= 4 is 27.5 Å². The molecule has 1 fully saturated rings. The normalized spacial score (nSPS) is 14.8. The van der Waals surface area contributed by atoms with Gasteiger partial charge in [0.2, 0.25) is 5.91 Å². The third kappa shape index (κ3) is 3.75. The molecule has 2 aromatic rings. The molecular weight excluding hydrogens is 378 g/mol. The number of carbonyl (C=O) groups excluding carboxylic acids is 1. The lowest BCUT2D eigenvalue weighted by atomic mass is 10.1. The van der Waals surface area contributed by atoms with E-state index in [0.717, 1.165) is 16.1 Å². The molecule has 3 rings (SSSR count). The Morgan fingerprint density at radius 2 is 1.71 bits per heavy atom. The van der Waals surface area contributed by atoms with Gasteiger partial charge in [-0.3, -0.25) is 4.79 Å². The van der Waals surface area contributed by atoms with Crippen LogP contribution in [0.3, 0.4) is 0 Å². The predicted molar refractivity (Wildman–Crippen MR) is 93.0 cm³/mol. The van der Waals surface area contributed by atoms with Crippen molar-refractivity contribution in [3.63, 3.8) is 0 Å². The lowest BCUT2D eigenvalue weighted by Gasteiger charge is -2.36. The molecule has 0 unspecified atom stereocenters. The Balaban J connectivity index is 1.59. The van der Waals surface area contributed by atoms with E-state index < -0.39 is 11.6 Å². The number of hydrogen-bond donors (Lipinski definition) is 0. The van der Waals surface area contributed by atoms with E-state index in [-0.39, 0.29) is 5.91 Å². The molecule has 0 aromatic heterocycles. The summed E-state index contributed by atoms with van der Waals surface area (Å²) in [5.41, 5.74) is 1.61. The van der Waals surface area contributed by atoms with Gasteiger partial charge in [0.15, 0.2) is 11.6 Å². The van der Waals surface area contributed by atoms with Crippen LogP contribution in [0.5, 0.6) is 0 Å². The summed E-state index contributed by atoms with van der Waals surface area (Å²) in [5.74, 6) is -1.62. The van der Waals surface area contributed by atoms with Crippen molar-refractivity contribution < 1.29 is 13.6 Å². The zero-order valence-corrected chi connectivity index (χ0v) is 14.6. The number of benzene rings is 2. The van der Waals surface area contributed by atoms with Gasteiger partial charge in [0, 0.05) is 42.4 Å². The van der Waals surface area contributed by atoms with Gasteiger partial charge in [0.05, 0.1) is 6.42 Å². The summed E-state index contributed by atoms with van der Waals surface area (Å²) >= 11 is 3.46. The van der Waals surface area contributed by atoms with Gasteiger partial charge in [-0.05, 0) is 23.8 Å². The summed E-state index contributed by atoms with van der Waals surface area (Å²) in [6, 6.07) is 11.6. The Hall–Kier alpha value is -1.95. The summed E-state index contributed by atoms with van der Waals surface area (Å²) in [5, 5.41) is 0. The Bertz CT molecular complexity index is 746. The van der Waals surface area contributed by atoms with Crippen LogP contribution >= 0.6 is 15.9 Å². The van der Waals surface area contributed by atoms with Crippen LogP contribution in [0.2, 0.25) is 0 Å². The molecule has 0 aliphatic carbocycles. The molecule has 24 heavy (non-hydrogen) atoms. The molecule has 6 heteroatoms. The Morgan fingerprint density at radius 3 is 2.38 bits per heavy atom. The molecule has 3 nitrogen and oxygen atoms in total. The molecular formula is C18H17BrF2N2O. The SMILES string of the molecule is O=C(Cc1ccccc1Br)N1CCN(c2ccc(F)c(F)c2)CC1. The average molecular weight is 395 g/mol. The van der Waals surface area contributed by atoms with Crippen LogP contribution in [-0.2, 0) is 11.2 Å². The molecule has 1 aliphatic heterocycles. The van der Waals surface area contributed by atoms with E-state index in [2.05, 4.69) is 15.9 Å². The van der Waals surface area contributed by atoms with E-state index in [1.807, 2.05) is 34.1 Å². The average Bonchev–Trinajstić information content (AvgIpc) is 2.59. The van der Waals surface area contributed by atoms with Crippen molar-refractivity contribution in [2.75, 3.05) is 31.1 Å². The van der Waals surface area contributed by atoms with Gasteiger partial charge in [-0.15, -0.1) is 0 Å². The molecule has 1 saturated heterocycles. The molecule has 0 saturated carbocycles. The second-order valence-electron chi connectivity index (χ2n) is 5.73. The maximum absolute atomic E-state index is 13.3. The smallest absolute Gasteiger partial charge is 0.227 e. The van der Waals surface area contributed by atoms with E-state index in [0.29, 0.717) is 38.3 Å². The third-order valence-corrected chi connectivity index (χ3v) is 4.97. The lowest BCUT2D eigenvalue weighted by molar-refractivity contribution is -0.130. The highest BCUT2D eigenvalue weighted by atomic mass is 79.9. The standard InChI is InChI=1S/C18H17BrF2N2O/c19-15-4-2-1-3-13(15)11-18(24)23-9-7-22(8-10-23)14-5-6-16(20)17(21)12-14/h1-6,12H,7-11H2. The van der Waals surface area contributed by atoms with E-state index in [9.17, 15) is 13.6 Å². The van der Waals surface area contributed by atoms with E-state index in [4.69, 9.17) is 0 Å². The topological polar surface area (TPSA) is 23.6 Å². The molecule has 0 N–H and O–H groups in total. The summed E-state index contributed by atoms with van der Waals surface area (Å²) in [7, 11) is 0. The Morgan fingerprint density at radius 1 is 1.00 bits per heavy atom. The third-order valence-electron chi connectivity index (χ3n) is 4.20. The highest BCUT2D eigenvalue weighted by Gasteiger charge is 2.22. The van der Waals surface area contributed by atoms with Crippen molar-refractivity contribution in [1.29, 1.82) is 0 Å². The van der Waals surface area contributed by atoms with Crippen LogP contribution in [0.25, 0.3) is 0 Å². The molecule has 0 bridgehead atoms. The van der Waals surface area contributed by atoms with Crippen LogP contribution in [-0.4, -0.2) is 37.0 Å². The molecule has 0 spiro atoms. The highest BCUT2D eigenvalue weighted by Crippen LogP contribution is 2.21. The van der Waals surface area contributed by atoms with Crippen LogP contribution < -0.4 is 4.90 Å². The minimum Gasteiger partial charge on any atom is -0.368 e. The summed E-state index contributed by atoms with van der Waals surface area (Å²) < 4.78 is 27.3. The summed E-state index contributed by atoms with van der Waals surface area (Å²) in [4.78, 5) is 16.2. The number of anilines is 1. The van der Waals surface area contributed by atoms with Crippen molar-refractivity contribution in [3.8, 4) is 0 Å². The van der Waals surface area contributed by atoms with Gasteiger partial charge in [0.1, 0.15) is 0 Å². The molecule has 0 radical (unpaired) electrons. The quantitative estimate of drug-likeness (QED) is 0.793. The fourth-order valence-corrected chi connectivity index (χ4v) is 3.24. The van der Waals surface area contributed by atoms with Crippen molar-refractivity contribution in [2.45, 2.75) is 6.42 Å². The Labute approximate surface area is 148 Å². The van der Waals surface area contributed by atoms with Gasteiger partial charge >= 0.3 is 0 Å². The van der Waals surface area contributed by atoms with Crippen molar-refractivity contribution in [2.24, 2.45) is 0 Å². The molecule has 2 aromatic carbocycles. The lowest BCUT2D eigenvalue weighted by Crippen LogP contribution is -2.49. The molecule has 1 amide bonds. The first kappa shape index (κ1) is 16.9. The monoisotopic (exact) mass is 394 g/mol. The number of carbonyl (C=O) groups is 1. The van der Waals surface area contributed by atoms with Crippen molar-refractivity contribution in [1.82, 2.24) is 4.90 Å². The molecule has 1 heterocycles. The number of halogens is 3. The van der Waals surface area contributed by atoms with Crippen LogP contribution in [0.15, 0.2) is 46.9 Å². The van der Waals surface area contributed by atoms with E-state index >= 15 is 0 Å². The molecule has 126 valence electrons. The number of hydrogen-bond acceptors (Lipinski definition) is 2. The molecule has 1 aliphatic rings. The number of piperazine rings is 1. The number of rotatable bonds is 3. The van der Waals surface area contributed by atoms with Crippen LogP contribution in [0, 0.1) is 11.6 Å². The van der Waals surface area contributed by atoms with E-state index in [1.165, 1.54) is 6.07 Å². The van der Waals surface area contributed by atoms with Gasteiger partial charge < -0.3 is 9.80 Å². The first-order valence-electron chi connectivity index (χ1n) is 7.76. The second-order valence-corrected chi connectivity index (χ2v) is 6.59. The van der Waals surface area contributed by atoms with Crippen molar-refractivity contribution in [3.05, 3.63) is 64.1 Å². The number of amides is 1. The maximum Gasteiger partial charge on any atom is 0.227 e. The first-order chi connectivity index (χ1) is 11.5. The maximum atomic E-state index is 13.3. The van der Waals surface area contributed by atoms with Crippen LogP contribution in [0.4, 0.5) is 14.5 Å².